The van der Waals surface area contributed by atoms with E-state index in [1.807, 2.05) is 55.5 Å². The molecule has 0 fully saturated rings. The van der Waals surface area contributed by atoms with Gasteiger partial charge < -0.3 is 10.1 Å². The average Bonchev–Trinajstić information content (AvgIpc) is 2.80. The van der Waals surface area contributed by atoms with Gasteiger partial charge in [-0.15, -0.1) is 0 Å². The van der Waals surface area contributed by atoms with Crippen molar-refractivity contribution < 1.29 is 14.3 Å². The Hall–Kier alpha value is -4.19. The predicted octanol–water partition coefficient (Wildman–Crippen LogP) is 4.48. The van der Waals surface area contributed by atoms with Crippen LogP contribution < -0.4 is 15.5 Å². The van der Waals surface area contributed by atoms with Crippen LogP contribution in [0.3, 0.4) is 0 Å². The molecule has 0 atom stereocenters. The summed E-state index contributed by atoms with van der Waals surface area (Å²) >= 11 is 0. The quantitative estimate of drug-likeness (QED) is 0.220. The predicted molar refractivity (Wildman–Crippen MR) is 123 cm³/mol. The van der Waals surface area contributed by atoms with Crippen LogP contribution in [0.25, 0.3) is 21.5 Å². The SMILES string of the molecule is CCOc1ccc(NC(=O)C(=O)NN=Cc2c3ccccc3cc3ccccc23)cc1. The standard InChI is InChI=1S/C25H21N3O3/c1-2-31-20-13-11-19(12-14-20)27-24(29)25(30)28-26-16-23-21-9-5-3-7-17(21)15-18-8-4-6-10-22(18)23/h3-16H,2H2,1H3,(H,27,29)(H,28,30). The lowest BCUT2D eigenvalue weighted by Crippen LogP contribution is -2.32. The highest BCUT2D eigenvalue weighted by molar-refractivity contribution is 6.39. The van der Waals surface area contributed by atoms with Crippen molar-refractivity contribution in [3.8, 4) is 5.75 Å². The molecular weight excluding hydrogens is 390 g/mol. The number of rotatable bonds is 5. The van der Waals surface area contributed by atoms with Crippen molar-refractivity contribution in [2.75, 3.05) is 11.9 Å². The third-order valence-electron chi connectivity index (χ3n) is 4.80. The van der Waals surface area contributed by atoms with Crippen molar-refractivity contribution in [2.24, 2.45) is 5.10 Å². The molecule has 4 rings (SSSR count). The monoisotopic (exact) mass is 411 g/mol. The molecule has 0 aliphatic rings. The van der Waals surface area contributed by atoms with E-state index in [2.05, 4.69) is 21.9 Å². The van der Waals surface area contributed by atoms with Crippen LogP contribution in [-0.4, -0.2) is 24.6 Å². The van der Waals surface area contributed by atoms with Gasteiger partial charge in [0, 0.05) is 11.3 Å². The van der Waals surface area contributed by atoms with Gasteiger partial charge in [0.15, 0.2) is 0 Å². The van der Waals surface area contributed by atoms with Gasteiger partial charge in [-0.3, -0.25) is 9.59 Å². The van der Waals surface area contributed by atoms with E-state index in [1.54, 1.807) is 30.5 Å². The Balaban J connectivity index is 1.49. The minimum absolute atomic E-state index is 0.493. The average molecular weight is 411 g/mol. The second kappa shape index (κ2) is 9.09. The summed E-state index contributed by atoms with van der Waals surface area (Å²) in [6.45, 7) is 2.44. The fraction of sp³-hybridized carbons (Fsp3) is 0.0800. The van der Waals surface area contributed by atoms with Crippen LogP contribution in [0.5, 0.6) is 5.75 Å². The van der Waals surface area contributed by atoms with Gasteiger partial charge in [-0.25, -0.2) is 5.43 Å². The van der Waals surface area contributed by atoms with E-state index in [-0.39, 0.29) is 0 Å². The van der Waals surface area contributed by atoms with Gasteiger partial charge in [-0.1, -0.05) is 48.5 Å². The first-order chi connectivity index (χ1) is 15.2. The Morgan fingerprint density at radius 1 is 0.871 bits per heavy atom. The summed E-state index contributed by atoms with van der Waals surface area (Å²) in [6.07, 6.45) is 1.58. The zero-order valence-electron chi connectivity index (χ0n) is 17.0. The van der Waals surface area contributed by atoms with Crippen LogP contribution in [0.15, 0.2) is 84.0 Å². The number of hydrogen-bond donors (Lipinski definition) is 2. The van der Waals surface area contributed by atoms with E-state index in [1.165, 1.54) is 0 Å². The molecule has 2 amide bonds. The molecule has 0 saturated carbocycles. The number of hydrazone groups is 1. The number of carbonyl (C=O) groups excluding carboxylic acids is 2. The Morgan fingerprint density at radius 3 is 2.10 bits per heavy atom. The van der Waals surface area contributed by atoms with Crippen molar-refractivity contribution in [3.63, 3.8) is 0 Å². The minimum atomic E-state index is -0.852. The number of fused-ring (bicyclic) bond motifs is 2. The maximum absolute atomic E-state index is 12.2. The summed E-state index contributed by atoms with van der Waals surface area (Å²) < 4.78 is 5.36. The Labute approximate surface area is 179 Å². The lowest BCUT2D eigenvalue weighted by Gasteiger charge is -2.08. The largest absolute Gasteiger partial charge is 0.494 e. The van der Waals surface area contributed by atoms with Gasteiger partial charge in [-0.05, 0) is 58.8 Å². The zero-order valence-corrected chi connectivity index (χ0v) is 17.0. The molecule has 31 heavy (non-hydrogen) atoms. The van der Waals surface area contributed by atoms with Gasteiger partial charge >= 0.3 is 11.8 Å². The molecular formula is C25H21N3O3. The Morgan fingerprint density at radius 2 is 1.48 bits per heavy atom. The summed E-state index contributed by atoms with van der Waals surface area (Å²) in [5.74, 6) is -0.962. The molecule has 6 nitrogen and oxygen atoms in total. The van der Waals surface area contributed by atoms with Crippen LogP contribution in [0.2, 0.25) is 0 Å². The Kier molecular flexibility index (Phi) is 5.89. The molecule has 0 bridgehead atoms. The third kappa shape index (κ3) is 4.53. The summed E-state index contributed by atoms with van der Waals surface area (Å²) in [6, 6.07) is 24.8. The number of benzene rings is 4. The number of anilines is 1. The number of nitrogens with zero attached hydrogens (tertiary/aromatic N) is 1. The summed E-state index contributed by atoms with van der Waals surface area (Å²) in [4.78, 5) is 24.3. The molecule has 0 aliphatic carbocycles. The molecule has 0 saturated heterocycles. The molecule has 4 aromatic carbocycles. The number of hydrogen-bond acceptors (Lipinski definition) is 4. The molecule has 0 radical (unpaired) electrons. The maximum Gasteiger partial charge on any atom is 0.329 e. The number of ether oxygens (including phenoxy) is 1. The highest BCUT2D eigenvalue weighted by Crippen LogP contribution is 2.27. The zero-order chi connectivity index (χ0) is 21.6. The van der Waals surface area contributed by atoms with Crippen molar-refractivity contribution in [3.05, 3.63) is 84.4 Å². The van der Waals surface area contributed by atoms with Crippen molar-refractivity contribution >= 4 is 45.3 Å². The number of amides is 2. The van der Waals surface area contributed by atoms with E-state index < -0.39 is 11.8 Å². The molecule has 0 spiro atoms. The molecule has 0 unspecified atom stereocenters. The van der Waals surface area contributed by atoms with E-state index >= 15 is 0 Å². The summed E-state index contributed by atoms with van der Waals surface area (Å²) in [5.41, 5.74) is 3.68. The number of nitrogens with one attached hydrogen (secondary N) is 2. The fourth-order valence-electron chi connectivity index (χ4n) is 3.38. The third-order valence-corrected chi connectivity index (χ3v) is 4.80. The molecule has 2 N–H and O–H groups in total. The van der Waals surface area contributed by atoms with E-state index in [0.29, 0.717) is 18.0 Å². The first-order valence-corrected chi connectivity index (χ1v) is 9.93. The Bertz CT molecular complexity index is 1230. The smallest absolute Gasteiger partial charge is 0.329 e. The first-order valence-electron chi connectivity index (χ1n) is 9.93. The van der Waals surface area contributed by atoms with Crippen LogP contribution in [-0.2, 0) is 9.59 Å². The van der Waals surface area contributed by atoms with E-state index in [0.717, 1.165) is 27.1 Å². The van der Waals surface area contributed by atoms with Crippen LogP contribution >= 0.6 is 0 Å². The lowest BCUT2D eigenvalue weighted by molar-refractivity contribution is -0.136. The minimum Gasteiger partial charge on any atom is -0.494 e. The van der Waals surface area contributed by atoms with E-state index in [4.69, 9.17) is 4.74 Å². The maximum atomic E-state index is 12.2. The first kappa shape index (κ1) is 20.1. The molecule has 6 heteroatoms. The van der Waals surface area contributed by atoms with Crippen molar-refractivity contribution in [1.29, 1.82) is 0 Å². The summed E-state index contributed by atoms with van der Waals surface area (Å²) in [5, 5.41) is 10.7. The second-order valence-corrected chi connectivity index (χ2v) is 6.84. The van der Waals surface area contributed by atoms with Crippen LogP contribution in [0, 0.1) is 0 Å². The van der Waals surface area contributed by atoms with Crippen LogP contribution in [0.4, 0.5) is 5.69 Å². The van der Waals surface area contributed by atoms with Crippen molar-refractivity contribution in [2.45, 2.75) is 6.92 Å². The molecule has 0 heterocycles. The van der Waals surface area contributed by atoms with Gasteiger partial charge in [0.25, 0.3) is 0 Å². The van der Waals surface area contributed by atoms with E-state index in [9.17, 15) is 9.59 Å². The normalized spacial score (nSPS) is 11.0. The van der Waals surface area contributed by atoms with Gasteiger partial charge in [0.05, 0.1) is 12.8 Å². The molecule has 154 valence electrons. The van der Waals surface area contributed by atoms with Gasteiger partial charge in [0.2, 0.25) is 0 Å². The van der Waals surface area contributed by atoms with Crippen molar-refractivity contribution in [1.82, 2.24) is 5.43 Å². The molecule has 4 aromatic rings. The topological polar surface area (TPSA) is 79.8 Å². The fourth-order valence-corrected chi connectivity index (χ4v) is 3.38. The highest BCUT2D eigenvalue weighted by atomic mass is 16.5. The van der Waals surface area contributed by atoms with Gasteiger partial charge in [-0.2, -0.15) is 5.10 Å². The molecule has 0 aromatic heterocycles. The molecule has 0 aliphatic heterocycles. The van der Waals surface area contributed by atoms with Crippen LogP contribution in [0.1, 0.15) is 12.5 Å². The number of carbonyl (C=O) groups is 2. The summed E-state index contributed by atoms with van der Waals surface area (Å²) in [7, 11) is 0. The lowest BCUT2D eigenvalue weighted by atomic mass is 9.97. The highest BCUT2D eigenvalue weighted by Gasteiger charge is 2.13. The van der Waals surface area contributed by atoms with Gasteiger partial charge in [0.1, 0.15) is 5.75 Å². The second-order valence-electron chi connectivity index (χ2n) is 6.84.